The summed E-state index contributed by atoms with van der Waals surface area (Å²) < 4.78 is 42.2. The van der Waals surface area contributed by atoms with Gasteiger partial charge in [-0.15, -0.1) is 0 Å². The first-order valence-corrected chi connectivity index (χ1v) is 15.6. The molecular weight excluding hydrogens is 588 g/mol. The lowest BCUT2D eigenvalue weighted by Gasteiger charge is -2.33. The molecule has 41 heavy (non-hydrogen) atoms. The van der Waals surface area contributed by atoms with Gasteiger partial charge >= 0.3 is 0 Å². The van der Waals surface area contributed by atoms with E-state index in [1.807, 2.05) is 0 Å². The molecule has 0 unspecified atom stereocenters. The van der Waals surface area contributed by atoms with Gasteiger partial charge < -0.3 is 10.2 Å². The van der Waals surface area contributed by atoms with Crippen molar-refractivity contribution in [3.8, 4) is 0 Å². The summed E-state index contributed by atoms with van der Waals surface area (Å²) in [4.78, 5) is 28.6. The zero-order valence-electron chi connectivity index (χ0n) is 22.6. The van der Waals surface area contributed by atoms with E-state index in [2.05, 4.69) is 5.32 Å². The Kier molecular flexibility index (Phi) is 10.3. The molecule has 1 atom stereocenters. The van der Waals surface area contributed by atoms with Crippen molar-refractivity contribution in [3.63, 3.8) is 0 Å². The number of sulfonamides is 1. The zero-order chi connectivity index (χ0) is 29.6. The van der Waals surface area contributed by atoms with Gasteiger partial charge in [-0.1, -0.05) is 78.9 Å². The van der Waals surface area contributed by atoms with Crippen LogP contribution >= 0.6 is 23.2 Å². The van der Waals surface area contributed by atoms with E-state index in [4.69, 9.17) is 23.2 Å². The first-order valence-electron chi connectivity index (χ1n) is 13.4. The molecular formula is C30H32Cl2FN3O4S. The third-order valence-corrected chi connectivity index (χ3v) is 9.78. The maximum Gasteiger partial charge on any atom is 0.264 e. The van der Waals surface area contributed by atoms with Crippen molar-refractivity contribution in [2.45, 2.75) is 62.6 Å². The fourth-order valence-corrected chi connectivity index (χ4v) is 6.75. The summed E-state index contributed by atoms with van der Waals surface area (Å²) in [7, 11) is -4.28. The smallest absolute Gasteiger partial charge is 0.264 e. The van der Waals surface area contributed by atoms with Crippen LogP contribution in [-0.4, -0.2) is 43.8 Å². The van der Waals surface area contributed by atoms with Gasteiger partial charge in [0.05, 0.1) is 20.6 Å². The average molecular weight is 621 g/mol. The number of hydrogen-bond donors (Lipinski definition) is 1. The number of hydrogen-bond acceptors (Lipinski definition) is 4. The number of carbonyl (C=O) groups excluding carboxylic acids is 2. The van der Waals surface area contributed by atoms with Crippen LogP contribution in [0.4, 0.5) is 10.1 Å². The van der Waals surface area contributed by atoms with E-state index < -0.39 is 34.3 Å². The molecule has 2 amide bonds. The molecule has 0 spiro atoms. The Morgan fingerprint density at radius 1 is 0.951 bits per heavy atom. The third kappa shape index (κ3) is 7.58. The molecule has 7 nitrogen and oxygen atoms in total. The number of amides is 2. The van der Waals surface area contributed by atoms with Crippen molar-refractivity contribution in [3.05, 3.63) is 94.2 Å². The summed E-state index contributed by atoms with van der Waals surface area (Å²) in [6.07, 6.45) is 4.88. The van der Waals surface area contributed by atoms with Gasteiger partial charge in [-0.2, -0.15) is 0 Å². The van der Waals surface area contributed by atoms with Crippen LogP contribution in [-0.2, 0) is 26.2 Å². The summed E-state index contributed by atoms with van der Waals surface area (Å²) in [5.41, 5.74) is 0.604. The Bertz CT molecular complexity index is 1470. The molecule has 218 valence electrons. The first kappa shape index (κ1) is 30.8. The zero-order valence-corrected chi connectivity index (χ0v) is 24.9. The van der Waals surface area contributed by atoms with E-state index in [-0.39, 0.29) is 39.1 Å². The lowest BCUT2D eigenvalue weighted by Crippen LogP contribution is -2.53. The van der Waals surface area contributed by atoms with Crippen molar-refractivity contribution in [1.82, 2.24) is 10.2 Å². The summed E-state index contributed by atoms with van der Waals surface area (Å²) in [6.45, 7) is 0.905. The molecule has 0 aliphatic heterocycles. The molecule has 0 bridgehead atoms. The number of nitrogens with one attached hydrogen (secondary N) is 1. The van der Waals surface area contributed by atoms with Crippen LogP contribution in [0.2, 0.25) is 10.0 Å². The highest BCUT2D eigenvalue weighted by Crippen LogP contribution is 2.35. The molecule has 3 aromatic carbocycles. The van der Waals surface area contributed by atoms with E-state index in [0.717, 1.165) is 36.4 Å². The van der Waals surface area contributed by atoms with Gasteiger partial charge in [-0.05, 0) is 61.7 Å². The minimum atomic E-state index is -4.28. The van der Waals surface area contributed by atoms with Crippen molar-refractivity contribution in [2.24, 2.45) is 0 Å². The number of carbonyl (C=O) groups is 2. The highest BCUT2D eigenvalue weighted by molar-refractivity contribution is 7.92. The number of benzene rings is 3. The fraction of sp³-hybridized carbons (Fsp3) is 0.333. The Hall–Kier alpha value is -3.14. The van der Waals surface area contributed by atoms with Gasteiger partial charge in [0.25, 0.3) is 10.0 Å². The monoisotopic (exact) mass is 619 g/mol. The molecule has 0 aromatic heterocycles. The average Bonchev–Trinajstić information content (AvgIpc) is 2.97. The highest BCUT2D eigenvalue weighted by atomic mass is 35.5. The quantitative estimate of drug-likeness (QED) is 0.293. The molecule has 1 fully saturated rings. The van der Waals surface area contributed by atoms with Gasteiger partial charge in [-0.3, -0.25) is 13.9 Å². The van der Waals surface area contributed by atoms with Crippen LogP contribution < -0.4 is 9.62 Å². The van der Waals surface area contributed by atoms with Crippen LogP contribution in [0.1, 0.15) is 44.6 Å². The van der Waals surface area contributed by atoms with Gasteiger partial charge in [0.15, 0.2) is 0 Å². The SMILES string of the molecule is C[C@@H](C(=O)NC1CCCCC1)N(Cc1ccc(F)cc1)C(=O)CN(c1cccc(Cl)c1Cl)S(=O)(=O)c1ccccc1. The predicted molar refractivity (Wildman–Crippen MR) is 159 cm³/mol. The summed E-state index contributed by atoms with van der Waals surface area (Å²) >= 11 is 12.7. The van der Waals surface area contributed by atoms with Crippen molar-refractivity contribution < 1.29 is 22.4 Å². The second-order valence-electron chi connectivity index (χ2n) is 10.1. The summed E-state index contributed by atoms with van der Waals surface area (Å²) in [5, 5.41) is 3.13. The lowest BCUT2D eigenvalue weighted by molar-refractivity contribution is -0.139. The highest BCUT2D eigenvalue weighted by Gasteiger charge is 2.34. The maximum absolute atomic E-state index is 14.0. The minimum Gasteiger partial charge on any atom is -0.352 e. The van der Waals surface area contributed by atoms with E-state index in [0.29, 0.717) is 5.56 Å². The maximum atomic E-state index is 14.0. The first-order chi connectivity index (χ1) is 19.6. The van der Waals surface area contributed by atoms with Crippen molar-refractivity contribution in [1.29, 1.82) is 0 Å². The van der Waals surface area contributed by atoms with Crippen LogP contribution in [0.25, 0.3) is 0 Å². The van der Waals surface area contributed by atoms with Gasteiger partial charge in [0.1, 0.15) is 18.4 Å². The van der Waals surface area contributed by atoms with E-state index >= 15 is 0 Å². The standard InChI is InChI=1S/C30H32Cl2FN3O4S/c1-21(30(38)34-24-9-4-2-5-10-24)35(19-22-15-17-23(33)18-16-22)28(37)20-36(27-14-8-13-26(31)29(27)32)41(39,40)25-11-6-3-7-12-25/h3,6-8,11-18,21,24H,2,4-5,9-10,19-20H2,1H3,(H,34,38)/t21-/m0/s1. The van der Waals surface area contributed by atoms with Crippen molar-refractivity contribution in [2.75, 3.05) is 10.8 Å². The van der Waals surface area contributed by atoms with Crippen LogP contribution in [0.15, 0.2) is 77.7 Å². The third-order valence-electron chi connectivity index (χ3n) is 7.20. The van der Waals surface area contributed by atoms with E-state index in [1.54, 1.807) is 25.1 Å². The molecule has 4 rings (SSSR count). The Balaban J connectivity index is 1.69. The molecule has 0 saturated heterocycles. The number of nitrogens with zero attached hydrogens (tertiary/aromatic N) is 2. The van der Waals surface area contributed by atoms with Gasteiger partial charge in [0, 0.05) is 12.6 Å². The summed E-state index contributed by atoms with van der Waals surface area (Å²) in [6, 6.07) is 16.8. The Morgan fingerprint density at radius 2 is 1.61 bits per heavy atom. The number of anilines is 1. The van der Waals surface area contributed by atoms with Crippen LogP contribution in [0.3, 0.4) is 0 Å². The van der Waals surface area contributed by atoms with Crippen LogP contribution in [0, 0.1) is 5.82 Å². The second kappa shape index (κ2) is 13.7. The van der Waals surface area contributed by atoms with Gasteiger partial charge in [0.2, 0.25) is 11.8 Å². The van der Waals surface area contributed by atoms with Gasteiger partial charge in [-0.25, -0.2) is 12.8 Å². The minimum absolute atomic E-state index is 0.0155. The normalized spacial score (nSPS) is 14.7. The molecule has 1 N–H and O–H groups in total. The lowest BCUT2D eigenvalue weighted by atomic mass is 9.95. The van der Waals surface area contributed by atoms with Crippen LogP contribution in [0.5, 0.6) is 0 Å². The number of halogens is 3. The largest absolute Gasteiger partial charge is 0.352 e. The topological polar surface area (TPSA) is 86.8 Å². The molecule has 0 heterocycles. The molecule has 11 heteroatoms. The van der Waals surface area contributed by atoms with Crippen molar-refractivity contribution >= 4 is 50.7 Å². The Morgan fingerprint density at radius 3 is 2.27 bits per heavy atom. The molecule has 1 aliphatic rings. The van der Waals surface area contributed by atoms with E-state index in [9.17, 15) is 22.4 Å². The molecule has 1 saturated carbocycles. The van der Waals surface area contributed by atoms with E-state index in [1.165, 1.54) is 59.5 Å². The predicted octanol–water partition coefficient (Wildman–Crippen LogP) is 6.19. The molecule has 1 aliphatic carbocycles. The Labute approximate surface area is 250 Å². The molecule has 3 aromatic rings. The number of rotatable bonds is 10. The molecule has 0 radical (unpaired) electrons. The fourth-order valence-electron chi connectivity index (χ4n) is 4.86. The summed E-state index contributed by atoms with van der Waals surface area (Å²) in [5.74, 6) is -1.42. The second-order valence-corrected chi connectivity index (χ2v) is 12.7.